The van der Waals surface area contributed by atoms with E-state index in [1.165, 1.54) is 38.1 Å². The average Bonchev–Trinajstić information content (AvgIpc) is 2.82. The highest BCUT2D eigenvalue weighted by molar-refractivity contribution is 6.04. The summed E-state index contributed by atoms with van der Waals surface area (Å²) >= 11 is 0. The third-order valence-electron chi connectivity index (χ3n) is 5.43. The lowest BCUT2D eigenvalue weighted by molar-refractivity contribution is -0.177. The van der Waals surface area contributed by atoms with Gasteiger partial charge >= 0.3 is 17.9 Å². The van der Waals surface area contributed by atoms with Crippen molar-refractivity contribution in [2.75, 3.05) is 5.32 Å². The molecule has 1 rings (SSSR count). The Morgan fingerprint density at radius 1 is 1.09 bits per heavy atom. The van der Waals surface area contributed by atoms with Crippen molar-refractivity contribution in [3.63, 3.8) is 0 Å². The van der Waals surface area contributed by atoms with E-state index in [2.05, 4.69) is 10.6 Å². The van der Waals surface area contributed by atoms with Crippen LogP contribution in [0.5, 0.6) is 5.75 Å². The van der Waals surface area contributed by atoms with Crippen molar-refractivity contribution in [3.8, 4) is 5.75 Å². The molecule has 11 nitrogen and oxygen atoms in total. The molecule has 0 aromatic heterocycles. The number of hydrogen-bond acceptors (Lipinski definition) is 8. The standard InChI is InChI=1S/C24H32N2O9/c1-6-13(4)23(32)35-20(15(7-2)22(30)31)14(5)34-24(33)17(8-3)26-21(29)16-10-9-11-18(19(16)28)25-12-27/h8-15,20,28H,6-7H2,1-5H3,(H,25,27)(H,26,29)(H,30,31). The number of esters is 2. The van der Waals surface area contributed by atoms with E-state index in [0.29, 0.717) is 12.8 Å². The maximum atomic E-state index is 12.8. The van der Waals surface area contributed by atoms with Crippen LogP contribution in [0.4, 0.5) is 5.69 Å². The Morgan fingerprint density at radius 2 is 1.74 bits per heavy atom. The number of allylic oxidation sites excluding steroid dienone is 1. The van der Waals surface area contributed by atoms with Gasteiger partial charge < -0.3 is 30.3 Å². The fourth-order valence-corrected chi connectivity index (χ4v) is 3.11. The molecule has 0 aliphatic carbocycles. The van der Waals surface area contributed by atoms with Gasteiger partial charge in [0.25, 0.3) is 5.91 Å². The van der Waals surface area contributed by atoms with Gasteiger partial charge in [-0.3, -0.25) is 19.2 Å². The average molecular weight is 493 g/mol. The van der Waals surface area contributed by atoms with Gasteiger partial charge in [0.05, 0.1) is 23.1 Å². The summed E-state index contributed by atoms with van der Waals surface area (Å²) in [4.78, 5) is 60.1. The van der Waals surface area contributed by atoms with E-state index in [9.17, 15) is 34.2 Å². The number of nitrogens with one attached hydrogen (secondary N) is 2. The monoisotopic (exact) mass is 492 g/mol. The van der Waals surface area contributed by atoms with E-state index in [1.54, 1.807) is 20.8 Å². The number of benzene rings is 1. The zero-order valence-electron chi connectivity index (χ0n) is 20.4. The maximum Gasteiger partial charge on any atom is 0.354 e. The molecule has 0 saturated heterocycles. The normalized spacial score (nSPS) is 14.6. The summed E-state index contributed by atoms with van der Waals surface area (Å²) in [6.45, 7) is 7.88. The molecule has 4 atom stereocenters. The van der Waals surface area contributed by atoms with Crippen LogP contribution in [0.1, 0.15) is 57.8 Å². The molecule has 0 radical (unpaired) electrons. The van der Waals surface area contributed by atoms with E-state index in [-0.39, 0.29) is 23.4 Å². The van der Waals surface area contributed by atoms with Crippen molar-refractivity contribution in [2.45, 2.75) is 59.7 Å². The number of phenolic OH excluding ortho intramolecular Hbond substituents is 1. The van der Waals surface area contributed by atoms with E-state index < -0.39 is 53.6 Å². The van der Waals surface area contributed by atoms with Crippen LogP contribution in [0, 0.1) is 11.8 Å². The molecule has 0 bridgehead atoms. The number of carboxylic acids is 1. The number of carboxylic acid groups (broad SMARTS) is 1. The summed E-state index contributed by atoms with van der Waals surface area (Å²) in [6.07, 6.45) is -0.226. The van der Waals surface area contributed by atoms with Crippen LogP contribution in [0.3, 0.4) is 0 Å². The van der Waals surface area contributed by atoms with Crippen molar-refractivity contribution < 1.29 is 43.7 Å². The van der Waals surface area contributed by atoms with Gasteiger partial charge in [-0.2, -0.15) is 0 Å². The number of phenols is 1. The Bertz CT molecular complexity index is 974. The molecular weight excluding hydrogens is 460 g/mol. The zero-order chi connectivity index (χ0) is 26.7. The number of hydrogen-bond donors (Lipinski definition) is 4. The SMILES string of the molecule is CC=C(NC(=O)c1cccc(NC=O)c1O)C(=O)OC(C)C(OC(=O)C(C)CC)C(CC)C(=O)O. The van der Waals surface area contributed by atoms with Crippen molar-refractivity contribution in [3.05, 3.63) is 35.5 Å². The number of aromatic hydroxyl groups is 1. The van der Waals surface area contributed by atoms with Gasteiger partial charge in [-0.25, -0.2) is 4.79 Å². The minimum Gasteiger partial charge on any atom is -0.505 e. The molecule has 192 valence electrons. The highest BCUT2D eigenvalue weighted by atomic mass is 16.6. The molecule has 11 heteroatoms. The lowest BCUT2D eigenvalue weighted by Crippen LogP contribution is -2.43. The van der Waals surface area contributed by atoms with E-state index in [0.717, 1.165) is 0 Å². The lowest BCUT2D eigenvalue weighted by Gasteiger charge is -2.29. The number of aliphatic carboxylic acids is 1. The van der Waals surface area contributed by atoms with E-state index in [4.69, 9.17) is 9.47 Å². The summed E-state index contributed by atoms with van der Waals surface area (Å²) in [5, 5.41) is 24.3. The Balaban J connectivity index is 3.07. The summed E-state index contributed by atoms with van der Waals surface area (Å²) in [5.74, 6) is -5.78. The third kappa shape index (κ3) is 7.83. The van der Waals surface area contributed by atoms with Gasteiger partial charge in [0.15, 0.2) is 11.9 Å². The van der Waals surface area contributed by atoms with Crippen LogP contribution >= 0.6 is 0 Å². The second-order valence-electron chi connectivity index (χ2n) is 7.79. The van der Waals surface area contributed by atoms with Crippen molar-refractivity contribution in [2.24, 2.45) is 11.8 Å². The van der Waals surface area contributed by atoms with Gasteiger partial charge in [0.1, 0.15) is 11.8 Å². The first-order valence-electron chi connectivity index (χ1n) is 11.2. The topological polar surface area (TPSA) is 168 Å². The summed E-state index contributed by atoms with van der Waals surface area (Å²) in [5.41, 5.74) is -0.504. The number of amides is 2. The number of anilines is 1. The van der Waals surface area contributed by atoms with Gasteiger partial charge in [-0.15, -0.1) is 0 Å². The molecule has 0 aliphatic heterocycles. The first-order chi connectivity index (χ1) is 16.5. The number of rotatable bonds is 13. The van der Waals surface area contributed by atoms with Crippen molar-refractivity contribution in [1.29, 1.82) is 0 Å². The highest BCUT2D eigenvalue weighted by Gasteiger charge is 2.37. The van der Waals surface area contributed by atoms with Crippen LogP contribution in [0.15, 0.2) is 30.0 Å². The largest absolute Gasteiger partial charge is 0.505 e. The Kier molecular flexibility index (Phi) is 11.4. The number of carbonyl (C=O) groups is 5. The van der Waals surface area contributed by atoms with Crippen LogP contribution in [0.25, 0.3) is 0 Å². The predicted octanol–water partition coefficient (Wildman–Crippen LogP) is 2.59. The smallest absolute Gasteiger partial charge is 0.354 e. The first kappa shape index (κ1) is 29.1. The molecule has 0 heterocycles. The highest BCUT2D eigenvalue weighted by Crippen LogP contribution is 2.27. The molecule has 1 aromatic rings. The number of carbonyl (C=O) groups excluding carboxylic acids is 4. The number of para-hydroxylation sites is 1. The molecule has 0 fully saturated rings. The first-order valence-corrected chi connectivity index (χ1v) is 11.2. The molecule has 4 unspecified atom stereocenters. The fraction of sp³-hybridized carbons (Fsp3) is 0.458. The van der Waals surface area contributed by atoms with Crippen LogP contribution < -0.4 is 10.6 Å². The fourth-order valence-electron chi connectivity index (χ4n) is 3.11. The molecule has 0 saturated carbocycles. The lowest BCUT2D eigenvalue weighted by atomic mass is 9.95. The molecule has 35 heavy (non-hydrogen) atoms. The van der Waals surface area contributed by atoms with Crippen molar-refractivity contribution >= 4 is 35.9 Å². The molecule has 2 amide bonds. The van der Waals surface area contributed by atoms with Gasteiger partial charge in [-0.05, 0) is 38.8 Å². The van der Waals surface area contributed by atoms with Crippen LogP contribution in [-0.4, -0.2) is 52.6 Å². The molecule has 0 spiro atoms. The van der Waals surface area contributed by atoms with Crippen LogP contribution in [-0.2, 0) is 28.7 Å². The maximum absolute atomic E-state index is 12.8. The van der Waals surface area contributed by atoms with Crippen LogP contribution in [0.2, 0.25) is 0 Å². The second-order valence-corrected chi connectivity index (χ2v) is 7.79. The second kappa shape index (κ2) is 13.7. The van der Waals surface area contributed by atoms with E-state index >= 15 is 0 Å². The van der Waals surface area contributed by atoms with E-state index in [1.807, 2.05) is 0 Å². The minimum atomic E-state index is -1.26. The predicted molar refractivity (Wildman–Crippen MR) is 125 cm³/mol. The summed E-state index contributed by atoms with van der Waals surface area (Å²) in [6, 6.07) is 4.08. The molecular formula is C24H32N2O9. The summed E-state index contributed by atoms with van der Waals surface area (Å²) in [7, 11) is 0. The Labute approximate surface area is 203 Å². The van der Waals surface area contributed by atoms with Crippen molar-refractivity contribution in [1.82, 2.24) is 5.32 Å². The minimum absolute atomic E-state index is 0.00359. The third-order valence-corrected chi connectivity index (χ3v) is 5.43. The Hall–Kier alpha value is -3.89. The zero-order valence-corrected chi connectivity index (χ0v) is 20.4. The van der Waals surface area contributed by atoms with Gasteiger partial charge in [0.2, 0.25) is 6.41 Å². The van der Waals surface area contributed by atoms with Gasteiger partial charge in [0, 0.05) is 0 Å². The quantitative estimate of drug-likeness (QED) is 0.140. The molecule has 4 N–H and O–H groups in total. The number of ether oxygens (including phenoxy) is 2. The summed E-state index contributed by atoms with van der Waals surface area (Å²) < 4.78 is 10.8. The molecule has 0 aliphatic rings. The van der Waals surface area contributed by atoms with Gasteiger partial charge in [-0.1, -0.05) is 32.9 Å². The molecule has 1 aromatic carbocycles. The Morgan fingerprint density at radius 3 is 2.26 bits per heavy atom.